The first-order chi connectivity index (χ1) is 15.3. The molecule has 0 spiro atoms. The molecule has 0 bridgehead atoms. The number of carbonyl (C=O) groups is 1. The van der Waals surface area contributed by atoms with Crippen molar-refractivity contribution in [3.05, 3.63) is 83.2 Å². The molecule has 8 nitrogen and oxygen atoms in total. The average Bonchev–Trinajstić information content (AvgIpc) is 3.47. The van der Waals surface area contributed by atoms with E-state index in [9.17, 15) is 9.18 Å². The van der Waals surface area contributed by atoms with Crippen LogP contribution in [0.25, 0.3) is 17.3 Å². The third-order valence-corrected chi connectivity index (χ3v) is 5.02. The highest BCUT2D eigenvalue weighted by Crippen LogP contribution is 2.25. The molecule has 0 saturated heterocycles. The van der Waals surface area contributed by atoms with Gasteiger partial charge in [-0.15, -0.1) is 0 Å². The van der Waals surface area contributed by atoms with Gasteiger partial charge < -0.3 is 19.9 Å². The summed E-state index contributed by atoms with van der Waals surface area (Å²) in [5.74, 6) is 1.05. The van der Waals surface area contributed by atoms with Crippen molar-refractivity contribution >= 4 is 23.5 Å². The molecule has 9 heteroatoms. The van der Waals surface area contributed by atoms with Crippen molar-refractivity contribution in [2.75, 3.05) is 5.32 Å². The van der Waals surface area contributed by atoms with Crippen molar-refractivity contribution in [3.8, 4) is 11.3 Å². The molecule has 0 unspecified atom stereocenters. The van der Waals surface area contributed by atoms with Gasteiger partial charge in [-0.2, -0.15) is 0 Å². The zero-order chi connectivity index (χ0) is 22.8. The number of aromatic amines is 2. The predicted octanol–water partition coefficient (Wildman–Crippen LogP) is 4.23. The minimum absolute atomic E-state index is 0.219. The summed E-state index contributed by atoms with van der Waals surface area (Å²) in [5.41, 5.74) is 3.58. The lowest BCUT2D eigenvalue weighted by molar-refractivity contribution is 0.102. The van der Waals surface area contributed by atoms with Crippen molar-refractivity contribution in [1.29, 1.82) is 5.41 Å². The van der Waals surface area contributed by atoms with E-state index in [0.717, 1.165) is 17.0 Å². The number of amides is 1. The number of aryl methyl sites for hydroxylation is 2. The van der Waals surface area contributed by atoms with Crippen molar-refractivity contribution in [2.45, 2.75) is 13.8 Å². The van der Waals surface area contributed by atoms with Gasteiger partial charge in [-0.25, -0.2) is 14.4 Å². The number of carbonyl (C=O) groups excluding carboxylic acids is 1. The van der Waals surface area contributed by atoms with Crippen molar-refractivity contribution in [2.24, 2.45) is 7.05 Å². The highest BCUT2D eigenvalue weighted by Gasteiger charge is 2.17. The number of nitrogens with zero attached hydrogens (tertiary/aromatic N) is 3. The van der Waals surface area contributed by atoms with Crippen LogP contribution in [0, 0.1) is 25.1 Å². The van der Waals surface area contributed by atoms with Crippen LogP contribution in [0.3, 0.4) is 0 Å². The molecule has 0 atom stereocenters. The maximum atomic E-state index is 13.3. The van der Waals surface area contributed by atoms with Crippen LogP contribution < -0.4 is 5.32 Å². The second kappa shape index (κ2) is 8.46. The second-order valence-electron chi connectivity index (χ2n) is 7.40. The fourth-order valence-electron chi connectivity index (χ4n) is 3.28. The summed E-state index contributed by atoms with van der Waals surface area (Å²) in [6, 6.07) is 7.78. The number of H-pyrrole nitrogens is 2. The monoisotopic (exact) mass is 431 g/mol. The lowest BCUT2D eigenvalue weighted by Crippen LogP contribution is -2.12. The molecular weight excluding hydrogens is 409 g/mol. The SMILES string of the molecule is Cc1c[nH]c(C(=O)Nc2cnc(/C=C\C(=N)c3c(-c4ccc(F)cc4)nc(C)n3C)[nH]2)c1. The maximum absolute atomic E-state index is 13.3. The predicted molar refractivity (Wildman–Crippen MR) is 121 cm³/mol. The average molecular weight is 431 g/mol. The van der Waals surface area contributed by atoms with Gasteiger partial charge in [-0.3, -0.25) is 10.2 Å². The van der Waals surface area contributed by atoms with Gasteiger partial charge in [0.1, 0.15) is 29.0 Å². The van der Waals surface area contributed by atoms with Gasteiger partial charge in [-0.05, 0) is 61.9 Å². The summed E-state index contributed by atoms with van der Waals surface area (Å²) in [4.78, 5) is 26.9. The third-order valence-electron chi connectivity index (χ3n) is 5.02. The molecule has 1 aromatic carbocycles. The van der Waals surface area contributed by atoms with Gasteiger partial charge >= 0.3 is 0 Å². The van der Waals surface area contributed by atoms with Gasteiger partial charge in [-0.1, -0.05) is 0 Å². The van der Waals surface area contributed by atoms with E-state index in [2.05, 4.69) is 25.3 Å². The molecule has 4 aromatic rings. The lowest BCUT2D eigenvalue weighted by atomic mass is 10.1. The number of hydrogen-bond donors (Lipinski definition) is 4. The van der Waals surface area contributed by atoms with E-state index in [1.165, 1.54) is 18.3 Å². The fourth-order valence-corrected chi connectivity index (χ4v) is 3.28. The summed E-state index contributed by atoms with van der Waals surface area (Å²) in [6.45, 7) is 3.74. The van der Waals surface area contributed by atoms with Crippen LogP contribution in [0.1, 0.15) is 33.4 Å². The molecule has 32 heavy (non-hydrogen) atoms. The molecule has 0 aliphatic rings. The number of imidazole rings is 2. The minimum atomic E-state index is -0.329. The number of allylic oxidation sites excluding steroid dienone is 1. The van der Waals surface area contributed by atoms with Crippen LogP contribution in [0.4, 0.5) is 10.2 Å². The molecule has 0 fully saturated rings. The van der Waals surface area contributed by atoms with Crippen LogP contribution in [-0.4, -0.2) is 36.1 Å². The first-order valence-electron chi connectivity index (χ1n) is 9.89. The lowest BCUT2D eigenvalue weighted by Gasteiger charge is -2.05. The number of hydrogen-bond acceptors (Lipinski definition) is 4. The Morgan fingerprint density at radius 1 is 1.25 bits per heavy atom. The molecule has 4 rings (SSSR count). The number of nitrogens with one attached hydrogen (secondary N) is 4. The van der Waals surface area contributed by atoms with E-state index in [4.69, 9.17) is 5.41 Å². The van der Waals surface area contributed by atoms with Gasteiger partial charge in [0, 0.05) is 18.8 Å². The summed E-state index contributed by atoms with van der Waals surface area (Å²) >= 11 is 0. The quantitative estimate of drug-likeness (QED) is 0.343. The Kier molecular flexibility index (Phi) is 5.55. The molecule has 4 N–H and O–H groups in total. The molecule has 3 aromatic heterocycles. The van der Waals surface area contributed by atoms with Gasteiger partial charge in [0.25, 0.3) is 5.91 Å². The topological polar surface area (TPSA) is 115 Å². The van der Waals surface area contributed by atoms with Crippen LogP contribution in [0.5, 0.6) is 0 Å². The number of benzene rings is 1. The van der Waals surface area contributed by atoms with E-state index in [0.29, 0.717) is 28.7 Å². The summed E-state index contributed by atoms with van der Waals surface area (Å²) in [5, 5.41) is 11.3. The first-order valence-corrected chi connectivity index (χ1v) is 9.89. The van der Waals surface area contributed by atoms with Crippen LogP contribution in [0.15, 0.2) is 48.8 Å². The van der Waals surface area contributed by atoms with Crippen LogP contribution >= 0.6 is 0 Å². The molecule has 0 saturated carbocycles. The van der Waals surface area contributed by atoms with Crippen LogP contribution in [0.2, 0.25) is 0 Å². The minimum Gasteiger partial charge on any atom is -0.357 e. The molecule has 0 aliphatic carbocycles. The van der Waals surface area contributed by atoms with Crippen molar-refractivity contribution in [3.63, 3.8) is 0 Å². The standard InChI is InChI=1S/C23H22FN7O/c1-13-10-18(26-11-13)23(32)30-20-12-27-19(29-20)9-8-17(25)22-21(28-14(2)31(22)3)15-4-6-16(24)7-5-15/h4-12,25-26H,1-3H3,(H,27,29)(H,30,32)/b9-8-,25-17?. The van der Waals surface area contributed by atoms with E-state index in [1.54, 1.807) is 36.5 Å². The smallest absolute Gasteiger partial charge is 0.273 e. The molecule has 1 amide bonds. The molecule has 3 heterocycles. The molecule has 0 radical (unpaired) electrons. The van der Waals surface area contributed by atoms with E-state index in [1.807, 2.05) is 25.5 Å². The Bertz CT molecular complexity index is 1320. The zero-order valence-electron chi connectivity index (χ0n) is 17.8. The summed E-state index contributed by atoms with van der Waals surface area (Å²) in [7, 11) is 1.83. The van der Waals surface area contributed by atoms with Gasteiger partial charge in [0.15, 0.2) is 0 Å². The first kappa shape index (κ1) is 21.0. The Morgan fingerprint density at radius 2 is 2.00 bits per heavy atom. The van der Waals surface area contributed by atoms with Gasteiger partial charge in [0.2, 0.25) is 0 Å². The number of rotatable bonds is 6. The zero-order valence-corrected chi connectivity index (χ0v) is 17.8. The Hall–Kier alpha value is -4.27. The normalized spacial score (nSPS) is 11.2. The molecule has 162 valence electrons. The summed E-state index contributed by atoms with van der Waals surface area (Å²) in [6.07, 6.45) is 6.51. The largest absolute Gasteiger partial charge is 0.357 e. The third kappa shape index (κ3) is 4.27. The van der Waals surface area contributed by atoms with E-state index >= 15 is 0 Å². The molecular formula is C23H22FN7O. The Morgan fingerprint density at radius 3 is 2.69 bits per heavy atom. The van der Waals surface area contributed by atoms with E-state index in [-0.39, 0.29) is 17.4 Å². The van der Waals surface area contributed by atoms with Gasteiger partial charge in [0.05, 0.1) is 23.3 Å². The maximum Gasteiger partial charge on any atom is 0.273 e. The Labute approximate surface area is 183 Å². The Balaban J connectivity index is 1.52. The number of halogens is 1. The van der Waals surface area contributed by atoms with E-state index < -0.39 is 0 Å². The van der Waals surface area contributed by atoms with Crippen molar-refractivity contribution < 1.29 is 9.18 Å². The highest BCUT2D eigenvalue weighted by molar-refractivity contribution is 6.11. The fraction of sp³-hybridized carbons (Fsp3) is 0.130. The number of aromatic nitrogens is 5. The second-order valence-corrected chi connectivity index (χ2v) is 7.40. The van der Waals surface area contributed by atoms with Crippen molar-refractivity contribution in [1.82, 2.24) is 24.5 Å². The highest BCUT2D eigenvalue weighted by atomic mass is 19.1. The summed E-state index contributed by atoms with van der Waals surface area (Å²) < 4.78 is 15.1. The number of anilines is 1. The molecule has 0 aliphatic heterocycles. The van der Waals surface area contributed by atoms with Crippen LogP contribution in [-0.2, 0) is 7.05 Å².